The van der Waals surface area contributed by atoms with E-state index in [2.05, 4.69) is 20.4 Å². The van der Waals surface area contributed by atoms with Gasteiger partial charge in [-0.05, 0) is 55.4 Å². The lowest BCUT2D eigenvalue weighted by atomic mass is 9.43. The molecule has 6 atom stereocenters. The second kappa shape index (κ2) is 4.56. The van der Waals surface area contributed by atoms with Crippen molar-refractivity contribution in [3.63, 3.8) is 0 Å². The van der Waals surface area contributed by atoms with Crippen LogP contribution in [0.3, 0.4) is 0 Å². The molecule has 0 amide bonds. The van der Waals surface area contributed by atoms with Gasteiger partial charge in [-0.25, -0.2) is 0 Å². The fraction of sp³-hybridized carbons (Fsp3) is 0.800. The van der Waals surface area contributed by atoms with Gasteiger partial charge < -0.3 is 5.11 Å². The van der Waals surface area contributed by atoms with Crippen molar-refractivity contribution in [2.24, 2.45) is 28.6 Å². The molecule has 0 aliphatic heterocycles. The molecule has 4 aliphatic carbocycles. The number of carbonyl (C=O) groups excluding carboxylic acids is 2. The van der Waals surface area contributed by atoms with Crippen molar-refractivity contribution in [1.29, 1.82) is 0 Å². The van der Waals surface area contributed by atoms with Crippen LogP contribution in [-0.2, 0) is 9.59 Å². The monoisotopic (exact) mass is 316 g/mol. The number of fused-ring (bicyclic) bond motifs is 5. The molecule has 126 valence electrons. The minimum absolute atomic E-state index is 0.155. The Labute approximate surface area is 138 Å². The first-order valence-corrected chi connectivity index (χ1v) is 9.18. The molecule has 0 radical (unpaired) electrons. The summed E-state index contributed by atoms with van der Waals surface area (Å²) in [6, 6.07) is 0. The third kappa shape index (κ3) is 1.75. The molecule has 4 saturated carbocycles. The van der Waals surface area contributed by atoms with E-state index in [1.165, 1.54) is 0 Å². The largest absolute Gasteiger partial charge is 0.384 e. The topological polar surface area (TPSA) is 54.4 Å². The summed E-state index contributed by atoms with van der Waals surface area (Å²) in [5, 5.41) is 11.4. The van der Waals surface area contributed by atoms with E-state index in [1.54, 1.807) is 0 Å². The maximum absolute atomic E-state index is 12.4. The first kappa shape index (κ1) is 15.6. The number of aliphatic hydroxyl groups is 1. The van der Waals surface area contributed by atoms with Crippen LogP contribution in [-0.4, -0.2) is 22.3 Å². The summed E-state index contributed by atoms with van der Waals surface area (Å²) >= 11 is 0. The first-order chi connectivity index (χ1) is 10.7. The molecule has 6 unspecified atom stereocenters. The maximum atomic E-state index is 12.4. The van der Waals surface area contributed by atoms with Gasteiger partial charge in [0.2, 0.25) is 0 Å². The van der Waals surface area contributed by atoms with Crippen molar-refractivity contribution in [1.82, 2.24) is 0 Å². The Bertz CT molecular complexity index is 608. The lowest BCUT2D eigenvalue weighted by molar-refractivity contribution is -0.177. The zero-order chi connectivity index (χ0) is 16.6. The Morgan fingerprint density at radius 2 is 1.83 bits per heavy atom. The van der Waals surface area contributed by atoms with Crippen LogP contribution in [0.25, 0.3) is 0 Å². The average molecular weight is 316 g/mol. The van der Waals surface area contributed by atoms with E-state index < -0.39 is 5.60 Å². The zero-order valence-corrected chi connectivity index (χ0v) is 14.4. The summed E-state index contributed by atoms with van der Waals surface area (Å²) in [7, 11) is 0. The molecule has 4 aliphatic rings. The second-order valence-electron chi connectivity index (χ2n) is 9.10. The average Bonchev–Trinajstić information content (AvgIpc) is 2.79. The number of Topliss-reactive ketones (excluding diaryl/α,β-unsaturated/α-hetero) is 2. The summed E-state index contributed by atoms with van der Waals surface area (Å²) in [4.78, 5) is 24.4. The van der Waals surface area contributed by atoms with Crippen LogP contribution in [0, 0.1) is 28.6 Å². The molecule has 0 aromatic carbocycles. The molecule has 23 heavy (non-hydrogen) atoms. The van der Waals surface area contributed by atoms with E-state index >= 15 is 0 Å². The highest BCUT2D eigenvalue weighted by atomic mass is 16.3. The van der Waals surface area contributed by atoms with Crippen molar-refractivity contribution >= 4 is 11.6 Å². The van der Waals surface area contributed by atoms with Gasteiger partial charge in [-0.2, -0.15) is 0 Å². The van der Waals surface area contributed by atoms with E-state index in [-0.39, 0.29) is 23.0 Å². The van der Waals surface area contributed by atoms with E-state index in [0.29, 0.717) is 30.0 Å². The Hall–Kier alpha value is -0.960. The van der Waals surface area contributed by atoms with Gasteiger partial charge in [-0.3, -0.25) is 9.59 Å². The highest BCUT2D eigenvalue weighted by Crippen LogP contribution is 2.67. The fourth-order valence-electron chi connectivity index (χ4n) is 6.79. The van der Waals surface area contributed by atoms with Crippen molar-refractivity contribution in [3.05, 3.63) is 12.2 Å². The van der Waals surface area contributed by atoms with Gasteiger partial charge in [0.25, 0.3) is 0 Å². The van der Waals surface area contributed by atoms with Crippen molar-refractivity contribution in [3.8, 4) is 0 Å². The standard InChI is InChI=1S/C20H28O3/c1-12-10-14-15-4-5-17(22)18(15,2)8-7-16(14)19(3)9-6-13(21)11-20(12,19)23/h14-16,23H,1,4-11H2,2-3H3. The third-order valence-electron chi connectivity index (χ3n) is 8.35. The summed E-state index contributed by atoms with van der Waals surface area (Å²) in [5.41, 5.74) is -0.594. The van der Waals surface area contributed by atoms with Gasteiger partial charge in [-0.15, -0.1) is 0 Å². The van der Waals surface area contributed by atoms with E-state index in [0.717, 1.165) is 44.1 Å². The molecule has 3 nitrogen and oxygen atoms in total. The van der Waals surface area contributed by atoms with Gasteiger partial charge >= 0.3 is 0 Å². The second-order valence-corrected chi connectivity index (χ2v) is 9.10. The van der Waals surface area contributed by atoms with Crippen LogP contribution in [0.15, 0.2) is 12.2 Å². The molecule has 0 aromatic heterocycles. The van der Waals surface area contributed by atoms with Crippen molar-refractivity contribution < 1.29 is 14.7 Å². The predicted molar refractivity (Wildman–Crippen MR) is 87.7 cm³/mol. The van der Waals surface area contributed by atoms with E-state index in [9.17, 15) is 14.7 Å². The lowest BCUT2D eigenvalue weighted by Crippen LogP contribution is -2.63. The number of hydrogen-bond acceptors (Lipinski definition) is 3. The molecule has 0 aromatic rings. The number of ketones is 2. The summed E-state index contributed by atoms with van der Waals surface area (Å²) < 4.78 is 0. The Morgan fingerprint density at radius 1 is 1.09 bits per heavy atom. The van der Waals surface area contributed by atoms with Crippen LogP contribution in [0.4, 0.5) is 0 Å². The highest BCUT2D eigenvalue weighted by molar-refractivity contribution is 5.87. The maximum Gasteiger partial charge on any atom is 0.139 e. The van der Waals surface area contributed by atoms with Gasteiger partial charge in [0.15, 0.2) is 0 Å². The van der Waals surface area contributed by atoms with E-state index in [1.807, 2.05) is 0 Å². The highest BCUT2D eigenvalue weighted by Gasteiger charge is 2.65. The molecule has 4 rings (SSSR count). The van der Waals surface area contributed by atoms with Crippen molar-refractivity contribution in [2.45, 2.75) is 70.8 Å². The molecule has 1 N–H and O–H groups in total. The van der Waals surface area contributed by atoms with E-state index in [4.69, 9.17) is 0 Å². The number of carbonyl (C=O) groups is 2. The molecular weight excluding hydrogens is 288 g/mol. The van der Waals surface area contributed by atoms with Crippen LogP contribution < -0.4 is 0 Å². The Morgan fingerprint density at radius 3 is 2.57 bits per heavy atom. The van der Waals surface area contributed by atoms with Gasteiger partial charge in [-0.1, -0.05) is 20.4 Å². The molecular formula is C20H28O3. The molecule has 0 spiro atoms. The van der Waals surface area contributed by atoms with Crippen molar-refractivity contribution in [2.75, 3.05) is 0 Å². The molecule has 0 heterocycles. The quantitative estimate of drug-likeness (QED) is 0.696. The number of hydrogen-bond donors (Lipinski definition) is 1. The first-order valence-electron chi connectivity index (χ1n) is 9.18. The third-order valence-corrected chi connectivity index (χ3v) is 8.35. The van der Waals surface area contributed by atoms with Crippen LogP contribution in [0.1, 0.15) is 65.2 Å². The van der Waals surface area contributed by atoms with Crippen LogP contribution in [0.5, 0.6) is 0 Å². The molecule has 3 heteroatoms. The smallest absolute Gasteiger partial charge is 0.139 e. The lowest BCUT2D eigenvalue weighted by Gasteiger charge is -2.63. The summed E-state index contributed by atoms with van der Waals surface area (Å²) in [6.45, 7) is 8.56. The fourth-order valence-corrected chi connectivity index (χ4v) is 6.79. The van der Waals surface area contributed by atoms with Gasteiger partial charge in [0.1, 0.15) is 11.6 Å². The number of rotatable bonds is 0. The Balaban J connectivity index is 1.75. The Kier molecular flexibility index (Phi) is 3.09. The molecule has 0 saturated heterocycles. The van der Waals surface area contributed by atoms with Gasteiger partial charge in [0.05, 0.1) is 5.60 Å². The summed E-state index contributed by atoms with van der Waals surface area (Å²) in [5.74, 6) is 1.91. The summed E-state index contributed by atoms with van der Waals surface area (Å²) in [6.07, 6.45) is 6.04. The normalized spacial score (nSPS) is 52.8. The SMILES string of the molecule is C=C1CC2C3CCC(=O)C3(C)CCC2C2(C)CCC(=O)CC12O. The van der Waals surface area contributed by atoms with Gasteiger partial charge in [0, 0.05) is 30.1 Å². The zero-order valence-electron chi connectivity index (χ0n) is 14.4. The van der Waals surface area contributed by atoms with Crippen LogP contribution in [0.2, 0.25) is 0 Å². The molecule has 4 fully saturated rings. The molecule has 0 bridgehead atoms. The minimum Gasteiger partial charge on any atom is -0.384 e. The minimum atomic E-state index is -1.03. The van der Waals surface area contributed by atoms with Crippen LogP contribution >= 0.6 is 0 Å². The predicted octanol–water partition coefficient (Wildman–Crippen LogP) is 3.45.